The lowest BCUT2D eigenvalue weighted by molar-refractivity contribution is 0.176. The molecule has 5 nitrogen and oxygen atoms in total. The van der Waals surface area contributed by atoms with E-state index in [0.717, 1.165) is 29.4 Å². The number of hydrogen-bond donors (Lipinski definition) is 0. The van der Waals surface area contributed by atoms with Crippen LogP contribution in [0.4, 0.5) is 4.39 Å². The number of fused-ring (bicyclic) bond motifs is 2. The minimum atomic E-state index is -0.421. The van der Waals surface area contributed by atoms with Crippen LogP contribution in [-0.4, -0.2) is 13.2 Å². The van der Waals surface area contributed by atoms with Crippen LogP contribution < -0.4 is 10.4 Å². The molecule has 2 heterocycles. The summed E-state index contributed by atoms with van der Waals surface area (Å²) in [5.74, 6) is 1.31. The van der Waals surface area contributed by atoms with Crippen molar-refractivity contribution in [2.45, 2.75) is 25.7 Å². The average Bonchev–Trinajstić information content (AvgIpc) is 3.02. The van der Waals surface area contributed by atoms with E-state index in [1.807, 2.05) is 6.07 Å². The average molecular weight is 370 g/mol. The SMILES string of the molecule is O=c1ccc2c(OCCCOC3=CC=C(F)CCC3)c3ccoc3cc2o1. The van der Waals surface area contributed by atoms with E-state index in [2.05, 4.69) is 0 Å². The maximum atomic E-state index is 13.2. The van der Waals surface area contributed by atoms with E-state index >= 15 is 0 Å². The van der Waals surface area contributed by atoms with E-state index in [-0.39, 0.29) is 5.83 Å². The van der Waals surface area contributed by atoms with E-state index in [4.69, 9.17) is 18.3 Å². The van der Waals surface area contributed by atoms with Gasteiger partial charge in [0.2, 0.25) is 0 Å². The van der Waals surface area contributed by atoms with Crippen LogP contribution in [0, 0.1) is 0 Å². The van der Waals surface area contributed by atoms with E-state index in [9.17, 15) is 9.18 Å². The van der Waals surface area contributed by atoms with Gasteiger partial charge in [0.1, 0.15) is 22.7 Å². The highest BCUT2D eigenvalue weighted by atomic mass is 19.1. The van der Waals surface area contributed by atoms with Gasteiger partial charge in [0.25, 0.3) is 0 Å². The van der Waals surface area contributed by atoms with Crippen molar-refractivity contribution >= 4 is 21.9 Å². The van der Waals surface area contributed by atoms with Gasteiger partial charge in [-0.2, -0.15) is 0 Å². The molecule has 0 unspecified atom stereocenters. The molecule has 3 aromatic rings. The lowest BCUT2D eigenvalue weighted by Crippen LogP contribution is -2.04. The molecule has 1 aliphatic carbocycles. The Balaban J connectivity index is 1.42. The highest BCUT2D eigenvalue weighted by molar-refractivity contribution is 6.01. The molecule has 6 heteroatoms. The van der Waals surface area contributed by atoms with Crippen LogP contribution in [0.1, 0.15) is 25.7 Å². The quantitative estimate of drug-likeness (QED) is 0.438. The molecule has 0 spiro atoms. The fourth-order valence-corrected chi connectivity index (χ4v) is 3.10. The number of ether oxygens (including phenoxy) is 2. The molecule has 27 heavy (non-hydrogen) atoms. The Morgan fingerprint density at radius 3 is 2.78 bits per heavy atom. The van der Waals surface area contributed by atoms with Gasteiger partial charge in [-0.1, -0.05) is 0 Å². The van der Waals surface area contributed by atoms with Gasteiger partial charge in [-0.25, -0.2) is 9.18 Å². The van der Waals surface area contributed by atoms with Crippen LogP contribution in [0.25, 0.3) is 21.9 Å². The topological polar surface area (TPSA) is 61.8 Å². The first-order chi connectivity index (χ1) is 13.2. The highest BCUT2D eigenvalue weighted by Crippen LogP contribution is 2.35. The zero-order valence-corrected chi connectivity index (χ0v) is 14.7. The fourth-order valence-electron chi connectivity index (χ4n) is 3.10. The summed E-state index contributed by atoms with van der Waals surface area (Å²) in [4.78, 5) is 11.5. The Morgan fingerprint density at radius 1 is 1.00 bits per heavy atom. The number of halogens is 1. The molecule has 1 aliphatic rings. The summed E-state index contributed by atoms with van der Waals surface area (Å²) >= 11 is 0. The van der Waals surface area contributed by atoms with Crippen molar-refractivity contribution in [1.82, 2.24) is 0 Å². The molecule has 4 rings (SSSR count). The van der Waals surface area contributed by atoms with Gasteiger partial charge in [-0.15, -0.1) is 0 Å². The first kappa shape index (κ1) is 17.4. The zero-order valence-electron chi connectivity index (χ0n) is 14.7. The molecule has 0 saturated carbocycles. The molecule has 0 aliphatic heterocycles. The minimum absolute atomic E-state index is 0.108. The van der Waals surface area contributed by atoms with Crippen molar-refractivity contribution in [3.63, 3.8) is 0 Å². The highest BCUT2D eigenvalue weighted by Gasteiger charge is 2.13. The molecule has 0 N–H and O–H groups in total. The predicted octanol–water partition coefficient (Wildman–Crippen LogP) is 5.25. The van der Waals surface area contributed by atoms with Crippen LogP contribution in [-0.2, 0) is 4.74 Å². The summed E-state index contributed by atoms with van der Waals surface area (Å²) in [6.07, 6.45) is 7.36. The molecule has 0 fully saturated rings. The number of allylic oxidation sites excluding steroid dienone is 4. The van der Waals surface area contributed by atoms with E-state index in [1.54, 1.807) is 24.5 Å². The summed E-state index contributed by atoms with van der Waals surface area (Å²) in [7, 11) is 0. The van der Waals surface area contributed by atoms with Crippen molar-refractivity contribution in [2.24, 2.45) is 0 Å². The first-order valence-corrected chi connectivity index (χ1v) is 8.95. The van der Waals surface area contributed by atoms with E-state index in [0.29, 0.717) is 43.0 Å². The van der Waals surface area contributed by atoms with Gasteiger partial charge < -0.3 is 18.3 Å². The molecule has 1 aromatic carbocycles. The normalized spacial score (nSPS) is 14.7. The van der Waals surface area contributed by atoms with Crippen molar-refractivity contribution in [1.29, 1.82) is 0 Å². The summed E-state index contributed by atoms with van der Waals surface area (Å²) in [5.41, 5.74) is 0.601. The molecular formula is C21H19FO5. The fraction of sp³-hybridized carbons (Fsp3) is 0.286. The lowest BCUT2D eigenvalue weighted by atomic mass is 10.1. The number of rotatable bonds is 6. The molecule has 0 atom stereocenters. The Kier molecular flexibility index (Phi) is 4.96. The number of benzene rings is 1. The predicted molar refractivity (Wildman–Crippen MR) is 99.4 cm³/mol. The molecular weight excluding hydrogens is 351 g/mol. The van der Waals surface area contributed by atoms with Crippen LogP contribution in [0.2, 0.25) is 0 Å². The summed E-state index contributed by atoms with van der Waals surface area (Å²) in [6.45, 7) is 0.908. The van der Waals surface area contributed by atoms with Crippen LogP contribution in [0.15, 0.2) is 67.9 Å². The zero-order chi connectivity index (χ0) is 18.6. The Hall–Kier alpha value is -3.02. The summed E-state index contributed by atoms with van der Waals surface area (Å²) in [5, 5.41) is 1.54. The van der Waals surface area contributed by atoms with Crippen LogP contribution in [0.5, 0.6) is 5.75 Å². The van der Waals surface area contributed by atoms with Crippen molar-refractivity contribution < 1.29 is 22.7 Å². The second-order valence-corrected chi connectivity index (χ2v) is 6.35. The second kappa shape index (κ2) is 7.70. The summed E-state index contributed by atoms with van der Waals surface area (Å²) in [6, 6.07) is 6.57. The lowest BCUT2D eigenvalue weighted by Gasteiger charge is -2.12. The number of furan rings is 1. The van der Waals surface area contributed by atoms with Gasteiger partial charge in [-0.3, -0.25) is 0 Å². The van der Waals surface area contributed by atoms with Gasteiger partial charge >= 0.3 is 5.63 Å². The van der Waals surface area contributed by atoms with Crippen molar-refractivity contribution in [3.05, 3.63) is 64.7 Å². The van der Waals surface area contributed by atoms with Crippen molar-refractivity contribution in [2.75, 3.05) is 13.2 Å². The van der Waals surface area contributed by atoms with Crippen molar-refractivity contribution in [3.8, 4) is 5.75 Å². The van der Waals surface area contributed by atoms with Crippen LogP contribution >= 0.6 is 0 Å². The van der Waals surface area contributed by atoms with Gasteiger partial charge in [0.15, 0.2) is 0 Å². The van der Waals surface area contributed by atoms with Gasteiger partial charge in [0, 0.05) is 25.0 Å². The molecule has 0 amide bonds. The largest absolute Gasteiger partial charge is 0.498 e. The third kappa shape index (κ3) is 3.89. The third-order valence-corrected chi connectivity index (χ3v) is 4.42. The van der Waals surface area contributed by atoms with E-state index in [1.165, 1.54) is 12.1 Å². The minimum Gasteiger partial charge on any atom is -0.498 e. The molecule has 0 saturated heterocycles. The Morgan fingerprint density at radius 2 is 1.85 bits per heavy atom. The molecule has 140 valence electrons. The van der Waals surface area contributed by atoms with Gasteiger partial charge in [0.05, 0.1) is 36.0 Å². The van der Waals surface area contributed by atoms with Gasteiger partial charge in [-0.05, 0) is 37.1 Å². The standard InChI is InChI=1S/C21H19FO5/c22-14-3-1-4-15(6-5-14)24-10-2-11-26-21-16-7-8-20(23)27-19(16)13-18-17(21)9-12-25-18/h5-9,12-13H,1-4,10-11H2. The summed E-state index contributed by atoms with van der Waals surface area (Å²) < 4.78 is 35.6. The second-order valence-electron chi connectivity index (χ2n) is 6.35. The molecule has 0 radical (unpaired) electrons. The molecule has 0 bridgehead atoms. The van der Waals surface area contributed by atoms with E-state index < -0.39 is 5.63 Å². The monoisotopic (exact) mass is 370 g/mol. The maximum absolute atomic E-state index is 13.2. The third-order valence-electron chi connectivity index (χ3n) is 4.42. The maximum Gasteiger partial charge on any atom is 0.336 e. The smallest absolute Gasteiger partial charge is 0.336 e. The van der Waals surface area contributed by atoms with Crippen LogP contribution in [0.3, 0.4) is 0 Å². The Bertz CT molecular complexity index is 1070. The first-order valence-electron chi connectivity index (χ1n) is 8.95. The Labute approximate surface area is 154 Å². The molecule has 2 aromatic heterocycles. The number of hydrogen-bond acceptors (Lipinski definition) is 5.